The van der Waals surface area contributed by atoms with Crippen molar-refractivity contribution in [3.63, 3.8) is 0 Å². The normalized spacial score (nSPS) is 9.53. The Labute approximate surface area is 113 Å². The van der Waals surface area contributed by atoms with Crippen molar-refractivity contribution < 1.29 is 4.79 Å². The van der Waals surface area contributed by atoms with Gasteiger partial charge in [0.25, 0.3) is 5.91 Å². The van der Waals surface area contributed by atoms with Gasteiger partial charge in [-0.25, -0.2) is 0 Å². The number of benzene rings is 1. The summed E-state index contributed by atoms with van der Waals surface area (Å²) in [5.74, 6) is -0.0842. The van der Waals surface area contributed by atoms with Gasteiger partial charge in [0.15, 0.2) is 0 Å². The van der Waals surface area contributed by atoms with Gasteiger partial charge >= 0.3 is 0 Å². The van der Waals surface area contributed by atoms with E-state index in [-0.39, 0.29) is 5.91 Å². The molecule has 1 aromatic rings. The van der Waals surface area contributed by atoms with Crippen LogP contribution in [0.15, 0.2) is 23.3 Å². The van der Waals surface area contributed by atoms with Crippen LogP contribution in [0.3, 0.4) is 0 Å². The van der Waals surface area contributed by atoms with E-state index in [9.17, 15) is 4.79 Å². The summed E-state index contributed by atoms with van der Waals surface area (Å²) in [5.41, 5.74) is 9.87. The topological polar surface area (TPSA) is 77.9 Å². The first kappa shape index (κ1) is 13.8. The molecule has 17 heavy (non-hydrogen) atoms. The molecule has 5 nitrogen and oxygen atoms in total. The van der Waals surface area contributed by atoms with E-state index in [1.165, 1.54) is 0 Å². The molecular formula is C11H13IN4O. The molecule has 0 aliphatic rings. The predicted molar refractivity (Wildman–Crippen MR) is 74.9 cm³/mol. The number of nitrogens with zero attached hydrogens (tertiary/aromatic N) is 3. The fourth-order valence-corrected chi connectivity index (χ4v) is 1.92. The Morgan fingerprint density at radius 1 is 1.59 bits per heavy atom. The second kappa shape index (κ2) is 7.13. The number of nitrogens with one attached hydrogen (secondary N) is 1. The van der Waals surface area contributed by atoms with Crippen LogP contribution in [0, 0.1) is 10.5 Å². The van der Waals surface area contributed by atoms with Crippen molar-refractivity contribution >= 4 is 28.5 Å². The van der Waals surface area contributed by atoms with Crippen molar-refractivity contribution in [1.29, 1.82) is 0 Å². The number of amides is 1. The molecular weight excluding hydrogens is 331 g/mol. The number of hydrogen-bond acceptors (Lipinski definition) is 2. The van der Waals surface area contributed by atoms with Crippen LogP contribution in [0.5, 0.6) is 0 Å². The van der Waals surface area contributed by atoms with E-state index in [1.54, 1.807) is 6.07 Å². The standard InChI is InChI=1S/C11H13IN4O/c1-8-4-2-5-9(10(8)12)11(17)14-6-3-7-15-16-13/h2,4-5H,3,6-7H2,1H3,(H,14,17). The summed E-state index contributed by atoms with van der Waals surface area (Å²) < 4.78 is 0.970. The lowest BCUT2D eigenvalue weighted by molar-refractivity contribution is 0.0952. The van der Waals surface area contributed by atoms with Gasteiger partial charge in [-0.05, 0) is 53.1 Å². The number of halogens is 1. The minimum atomic E-state index is -0.0842. The Morgan fingerprint density at radius 3 is 3.06 bits per heavy atom. The zero-order valence-corrected chi connectivity index (χ0v) is 11.6. The molecule has 0 bridgehead atoms. The minimum absolute atomic E-state index is 0.0842. The lowest BCUT2D eigenvalue weighted by Gasteiger charge is -2.07. The van der Waals surface area contributed by atoms with E-state index in [2.05, 4.69) is 37.9 Å². The van der Waals surface area contributed by atoms with Crippen molar-refractivity contribution in [2.24, 2.45) is 5.11 Å². The molecule has 1 rings (SSSR count). The molecule has 0 spiro atoms. The number of azide groups is 1. The van der Waals surface area contributed by atoms with Crippen LogP contribution in [-0.2, 0) is 0 Å². The molecule has 6 heteroatoms. The number of aryl methyl sites for hydroxylation is 1. The van der Waals surface area contributed by atoms with Gasteiger partial charge in [0.2, 0.25) is 0 Å². The lowest BCUT2D eigenvalue weighted by atomic mass is 10.1. The highest BCUT2D eigenvalue weighted by Crippen LogP contribution is 2.16. The summed E-state index contributed by atoms with van der Waals surface area (Å²) in [5, 5.41) is 6.20. The molecule has 0 aliphatic carbocycles. The van der Waals surface area contributed by atoms with Crippen LogP contribution in [0.4, 0.5) is 0 Å². The Kier molecular flexibility index (Phi) is 5.79. The van der Waals surface area contributed by atoms with Crippen molar-refractivity contribution in [1.82, 2.24) is 5.32 Å². The molecule has 0 heterocycles. The number of rotatable bonds is 5. The first-order valence-electron chi connectivity index (χ1n) is 5.21. The highest BCUT2D eigenvalue weighted by molar-refractivity contribution is 14.1. The number of carbonyl (C=O) groups is 1. The fraction of sp³-hybridized carbons (Fsp3) is 0.364. The summed E-state index contributed by atoms with van der Waals surface area (Å²) in [6, 6.07) is 5.64. The third kappa shape index (κ3) is 4.24. The summed E-state index contributed by atoms with van der Waals surface area (Å²) in [6.45, 7) is 2.89. The Hall–Kier alpha value is -1.27. The molecule has 0 unspecified atom stereocenters. The average Bonchev–Trinajstić information content (AvgIpc) is 2.32. The Morgan fingerprint density at radius 2 is 2.35 bits per heavy atom. The first-order chi connectivity index (χ1) is 8.16. The van der Waals surface area contributed by atoms with E-state index < -0.39 is 0 Å². The molecule has 1 N–H and O–H groups in total. The molecule has 90 valence electrons. The lowest BCUT2D eigenvalue weighted by Crippen LogP contribution is -2.25. The van der Waals surface area contributed by atoms with Gasteiger partial charge in [0.05, 0.1) is 5.56 Å². The first-order valence-corrected chi connectivity index (χ1v) is 6.29. The van der Waals surface area contributed by atoms with Crippen LogP contribution in [0.2, 0.25) is 0 Å². The van der Waals surface area contributed by atoms with E-state index in [0.29, 0.717) is 25.1 Å². The third-order valence-electron chi connectivity index (χ3n) is 2.22. The van der Waals surface area contributed by atoms with Crippen molar-refractivity contribution in [2.45, 2.75) is 13.3 Å². The summed E-state index contributed by atoms with van der Waals surface area (Å²) in [4.78, 5) is 14.5. The van der Waals surface area contributed by atoms with Gasteiger partial charge in [-0.2, -0.15) is 0 Å². The van der Waals surface area contributed by atoms with Crippen LogP contribution in [0.1, 0.15) is 22.3 Å². The molecule has 0 aliphatic heterocycles. The zero-order chi connectivity index (χ0) is 12.7. The second-order valence-corrected chi connectivity index (χ2v) is 4.58. The van der Waals surface area contributed by atoms with Gasteiger partial charge in [0.1, 0.15) is 0 Å². The van der Waals surface area contributed by atoms with E-state index in [0.717, 1.165) is 9.13 Å². The van der Waals surface area contributed by atoms with Crippen LogP contribution >= 0.6 is 22.6 Å². The molecule has 1 amide bonds. The van der Waals surface area contributed by atoms with E-state index >= 15 is 0 Å². The quantitative estimate of drug-likeness (QED) is 0.288. The maximum atomic E-state index is 11.8. The molecule has 0 saturated heterocycles. The molecule has 0 atom stereocenters. The highest BCUT2D eigenvalue weighted by Gasteiger charge is 2.09. The smallest absolute Gasteiger partial charge is 0.252 e. The molecule has 0 fully saturated rings. The minimum Gasteiger partial charge on any atom is -0.352 e. The number of hydrogen-bond donors (Lipinski definition) is 1. The molecule has 0 saturated carbocycles. The highest BCUT2D eigenvalue weighted by atomic mass is 127. The Bertz CT molecular complexity index is 455. The Balaban J connectivity index is 2.52. The number of carbonyl (C=O) groups excluding carboxylic acids is 1. The van der Waals surface area contributed by atoms with Gasteiger partial charge in [0, 0.05) is 21.6 Å². The average molecular weight is 344 g/mol. The monoisotopic (exact) mass is 344 g/mol. The summed E-state index contributed by atoms with van der Waals surface area (Å²) in [7, 11) is 0. The van der Waals surface area contributed by atoms with Crippen molar-refractivity contribution in [2.75, 3.05) is 13.1 Å². The fourth-order valence-electron chi connectivity index (χ4n) is 1.31. The molecule has 0 aromatic heterocycles. The maximum absolute atomic E-state index is 11.8. The van der Waals surface area contributed by atoms with Crippen LogP contribution < -0.4 is 5.32 Å². The van der Waals surface area contributed by atoms with Gasteiger partial charge < -0.3 is 5.32 Å². The van der Waals surface area contributed by atoms with Gasteiger partial charge in [-0.1, -0.05) is 17.2 Å². The third-order valence-corrected chi connectivity index (χ3v) is 3.65. The maximum Gasteiger partial charge on any atom is 0.252 e. The summed E-state index contributed by atoms with van der Waals surface area (Å²) in [6.07, 6.45) is 0.651. The van der Waals surface area contributed by atoms with Crippen molar-refractivity contribution in [3.8, 4) is 0 Å². The molecule has 1 aromatic carbocycles. The zero-order valence-electron chi connectivity index (χ0n) is 9.48. The van der Waals surface area contributed by atoms with Crippen molar-refractivity contribution in [3.05, 3.63) is 43.3 Å². The second-order valence-electron chi connectivity index (χ2n) is 3.50. The molecule has 0 radical (unpaired) electrons. The predicted octanol–water partition coefficient (Wildman–Crippen LogP) is 3.03. The summed E-state index contributed by atoms with van der Waals surface area (Å²) >= 11 is 2.17. The van der Waals surface area contributed by atoms with E-state index in [1.807, 2.05) is 19.1 Å². The van der Waals surface area contributed by atoms with Crippen LogP contribution in [0.25, 0.3) is 10.4 Å². The van der Waals surface area contributed by atoms with Gasteiger partial charge in [-0.15, -0.1) is 0 Å². The van der Waals surface area contributed by atoms with E-state index in [4.69, 9.17) is 5.53 Å². The van der Waals surface area contributed by atoms with Gasteiger partial charge in [-0.3, -0.25) is 4.79 Å². The SMILES string of the molecule is Cc1cccc(C(=O)NCCCN=[N+]=[N-])c1I. The largest absolute Gasteiger partial charge is 0.352 e. The van der Waals surface area contributed by atoms with Crippen LogP contribution in [-0.4, -0.2) is 19.0 Å².